The first-order chi connectivity index (χ1) is 8.88. The number of fused-ring (bicyclic) bond motifs is 1. The van der Waals surface area contributed by atoms with E-state index in [2.05, 4.69) is 20.3 Å². The van der Waals surface area contributed by atoms with E-state index in [0.29, 0.717) is 12.4 Å². The van der Waals surface area contributed by atoms with Gasteiger partial charge in [-0.2, -0.15) is 0 Å². The summed E-state index contributed by atoms with van der Waals surface area (Å²) in [6.45, 7) is 1.30. The molecular formula is C13H14N4O. The Balaban J connectivity index is 2.12. The number of hydrogen-bond acceptors (Lipinski definition) is 5. The lowest BCUT2D eigenvalue weighted by Gasteiger charge is -2.19. The van der Waals surface area contributed by atoms with Crippen LogP contribution in [0, 0.1) is 0 Å². The fourth-order valence-electron chi connectivity index (χ4n) is 2.06. The fourth-order valence-corrected chi connectivity index (χ4v) is 2.06. The van der Waals surface area contributed by atoms with Crippen molar-refractivity contribution in [3.05, 3.63) is 35.8 Å². The number of pyridine rings is 1. The standard InChI is InChI=1S/C13H14N4O/c1-14-13-10-8-18-6-4-11(10)16-12(17-13)9-3-2-5-15-7-9/h2-3,5,7H,4,6,8H2,1H3,(H,14,16,17). The largest absolute Gasteiger partial charge is 0.376 e. The Bertz CT molecular complexity index is 539. The van der Waals surface area contributed by atoms with Gasteiger partial charge in [0.1, 0.15) is 5.82 Å². The Kier molecular flexibility index (Phi) is 2.90. The lowest BCUT2D eigenvalue weighted by molar-refractivity contribution is 0.109. The minimum Gasteiger partial charge on any atom is -0.376 e. The molecule has 92 valence electrons. The Morgan fingerprint density at radius 2 is 2.28 bits per heavy atom. The van der Waals surface area contributed by atoms with Crippen LogP contribution >= 0.6 is 0 Å². The van der Waals surface area contributed by atoms with E-state index in [4.69, 9.17) is 4.74 Å². The quantitative estimate of drug-likeness (QED) is 0.867. The van der Waals surface area contributed by atoms with Crippen molar-refractivity contribution in [3.8, 4) is 11.4 Å². The first-order valence-electron chi connectivity index (χ1n) is 5.94. The molecule has 18 heavy (non-hydrogen) atoms. The van der Waals surface area contributed by atoms with Crippen LogP contribution in [0.4, 0.5) is 5.82 Å². The average molecular weight is 242 g/mol. The Labute approximate surface area is 105 Å². The van der Waals surface area contributed by atoms with Crippen LogP contribution in [0.25, 0.3) is 11.4 Å². The molecule has 3 heterocycles. The predicted octanol–water partition coefficient (Wildman–Crippen LogP) is 1.65. The number of anilines is 1. The highest BCUT2D eigenvalue weighted by Gasteiger charge is 2.18. The molecule has 0 radical (unpaired) electrons. The summed E-state index contributed by atoms with van der Waals surface area (Å²) in [6, 6.07) is 3.85. The minimum atomic E-state index is 0.582. The normalized spacial score (nSPS) is 14.1. The van der Waals surface area contributed by atoms with Crippen molar-refractivity contribution in [3.63, 3.8) is 0 Å². The highest BCUT2D eigenvalue weighted by atomic mass is 16.5. The zero-order chi connectivity index (χ0) is 12.4. The minimum absolute atomic E-state index is 0.582. The van der Waals surface area contributed by atoms with Crippen molar-refractivity contribution < 1.29 is 4.74 Å². The van der Waals surface area contributed by atoms with Gasteiger partial charge in [0.2, 0.25) is 0 Å². The number of rotatable bonds is 2. The molecule has 0 aliphatic carbocycles. The highest BCUT2D eigenvalue weighted by Crippen LogP contribution is 2.25. The Hall–Kier alpha value is -2.01. The van der Waals surface area contributed by atoms with Crippen LogP contribution in [0.2, 0.25) is 0 Å². The van der Waals surface area contributed by atoms with E-state index in [1.54, 1.807) is 12.4 Å². The summed E-state index contributed by atoms with van der Waals surface area (Å²) in [6.07, 6.45) is 4.36. The average Bonchev–Trinajstić information content (AvgIpc) is 2.47. The number of ether oxygens (including phenoxy) is 1. The summed E-state index contributed by atoms with van der Waals surface area (Å²) in [4.78, 5) is 13.3. The Morgan fingerprint density at radius 3 is 3.06 bits per heavy atom. The summed E-state index contributed by atoms with van der Waals surface area (Å²) in [5.41, 5.74) is 3.07. The maximum Gasteiger partial charge on any atom is 0.163 e. The third-order valence-corrected chi connectivity index (χ3v) is 2.98. The summed E-state index contributed by atoms with van der Waals surface area (Å²) >= 11 is 0. The van der Waals surface area contributed by atoms with Crippen LogP contribution in [-0.4, -0.2) is 28.6 Å². The lowest BCUT2D eigenvalue weighted by Crippen LogP contribution is -2.16. The van der Waals surface area contributed by atoms with Crippen LogP contribution < -0.4 is 5.32 Å². The second-order valence-corrected chi connectivity index (χ2v) is 4.12. The molecule has 0 bridgehead atoms. The first-order valence-corrected chi connectivity index (χ1v) is 5.94. The molecule has 1 aliphatic heterocycles. The predicted molar refractivity (Wildman–Crippen MR) is 68.2 cm³/mol. The van der Waals surface area contributed by atoms with E-state index in [0.717, 1.165) is 35.7 Å². The summed E-state index contributed by atoms with van der Waals surface area (Å²) in [5, 5.41) is 3.11. The molecule has 0 unspecified atom stereocenters. The van der Waals surface area contributed by atoms with E-state index in [-0.39, 0.29) is 0 Å². The van der Waals surface area contributed by atoms with Crippen molar-refractivity contribution in [2.45, 2.75) is 13.0 Å². The number of nitrogens with one attached hydrogen (secondary N) is 1. The van der Waals surface area contributed by atoms with Crippen molar-refractivity contribution in [1.82, 2.24) is 15.0 Å². The fraction of sp³-hybridized carbons (Fsp3) is 0.308. The lowest BCUT2D eigenvalue weighted by atomic mass is 10.1. The summed E-state index contributed by atoms with van der Waals surface area (Å²) in [7, 11) is 1.87. The summed E-state index contributed by atoms with van der Waals surface area (Å²) < 4.78 is 5.45. The van der Waals surface area contributed by atoms with Gasteiger partial charge in [0, 0.05) is 37.0 Å². The SMILES string of the molecule is CNc1nc(-c2cccnc2)nc2c1COCC2. The first kappa shape index (κ1) is 11.1. The molecule has 0 amide bonds. The van der Waals surface area contributed by atoms with Gasteiger partial charge in [-0.3, -0.25) is 4.98 Å². The molecule has 0 saturated carbocycles. The molecule has 0 saturated heterocycles. The van der Waals surface area contributed by atoms with Gasteiger partial charge in [0.05, 0.1) is 18.9 Å². The van der Waals surface area contributed by atoms with Gasteiger partial charge in [-0.15, -0.1) is 0 Å². The van der Waals surface area contributed by atoms with E-state index < -0.39 is 0 Å². The van der Waals surface area contributed by atoms with Gasteiger partial charge >= 0.3 is 0 Å². The number of hydrogen-bond donors (Lipinski definition) is 1. The number of aromatic nitrogens is 3. The van der Waals surface area contributed by atoms with Gasteiger partial charge in [0.25, 0.3) is 0 Å². The van der Waals surface area contributed by atoms with E-state index in [1.165, 1.54) is 0 Å². The van der Waals surface area contributed by atoms with Crippen LogP contribution in [-0.2, 0) is 17.8 Å². The molecule has 0 spiro atoms. The van der Waals surface area contributed by atoms with Gasteiger partial charge in [-0.1, -0.05) is 0 Å². The molecule has 5 heteroatoms. The topological polar surface area (TPSA) is 59.9 Å². The second kappa shape index (κ2) is 4.70. The van der Waals surface area contributed by atoms with Gasteiger partial charge in [0.15, 0.2) is 5.82 Å². The molecule has 3 rings (SSSR count). The van der Waals surface area contributed by atoms with Crippen LogP contribution in [0.3, 0.4) is 0 Å². The van der Waals surface area contributed by atoms with Crippen LogP contribution in [0.5, 0.6) is 0 Å². The van der Waals surface area contributed by atoms with E-state index in [9.17, 15) is 0 Å². The van der Waals surface area contributed by atoms with Crippen molar-refractivity contribution >= 4 is 5.82 Å². The van der Waals surface area contributed by atoms with E-state index >= 15 is 0 Å². The molecule has 1 aliphatic rings. The third-order valence-electron chi connectivity index (χ3n) is 2.98. The number of nitrogens with zero attached hydrogens (tertiary/aromatic N) is 3. The zero-order valence-corrected chi connectivity index (χ0v) is 10.2. The molecule has 0 aromatic carbocycles. The Morgan fingerprint density at radius 1 is 1.33 bits per heavy atom. The zero-order valence-electron chi connectivity index (χ0n) is 10.2. The van der Waals surface area contributed by atoms with Gasteiger partial charge < -0.3 is 10.1 Å². The van der Waals surface area contributed by atoms with E-state index in [1.807, 2.05) is 19.2 Å². The molecule has 0 fully saturated rings. The summed E-state index contributed by atoms with van der Waals surface area (Å²) in [5.74, 6) is 1.56. The molecule has 2 aromatic rings. The van der Waals surface area contributed by atoms with Gasteiger partial charge in [-0.05, 0) is 12.1 Å². The molecule has 0 atom stereocenters. The molecule has 5 nitrogen and oxygen atoms in total. The maximum atomic E-state index is 5.45. The molecule has 2 aromatic heterocycles. The molecular weight excluding hydrogens is 228 g/mol. The maximum absolute atomic E-state index is 5.45. The second-order valence-electron chi connectivity index (χ2n) is 4.12. The van der Waals surface area contributed by atoms with Crippen LogP contribution in [0.1, 0.15) is 11.3 Å². The van der Waals surface area contributed by atoms with Crippen molar-refractivity contribution in [2.75, 3.05) is 19.0 Å². The third kappa shape index (κ3) is 1.93. The molecule has 1 N–H and O–H groups in total. The van der Waals surface area contributed by atoms with Crippen LogP contribution in [0.15, 0.2) is 24.5 Å². The van der Waals surface area contributed by atoms with Gasteiger partial charge in [-0.25, -0.2) is 9.97 Å². The smallest absolute Gasteiger partial charge is 0.163 e. The highest BCUT2D eigenvalue weighted by molar-refractivity contribution is 5.59. The van der Waals surface area contributed by atoms with Crippen molar-refractivity contribution in [2.24, 2.45) is 0 Å². The van der Waals surface area contributed by atoms with Crippen molar-refractivity contribution in [1.29, 1.82) is 0 Å². The monoisotopic (exact) mass is 242 g/mol.